The highest BCUT2D eigenvalue weighted by atomic mass is 127. The third-order valence-electron chi connectivity index (χ3n) is 2.72. The molecule has 0 bridgehead atoms. The van der Waals surface area contributed by atoms with Crippen LogP contribution in [0.4, 0.5) is 0 Å². The van der Waals surface area contributed by atoms with E-state index < -0.39 is 0 Å². The summed E-state index contributed by atoms with van der Waals surface area (Å²) in [6.45, 7) is 8.51. The van der Waals surface area contributed by atoms with Crippen LogP contribution in [0.3, 0.4) is 0 Å². The van der Waals surface area contributed by atoms with Gasteiger partial charge in [0.15, 0.2) is 5.96 Å². The number of nitrogens with zero attached hydrogens (tertiary/aromatic N) is 1. The molecule has 1 unspecified atom stereocenters. The lowest BCUT2D eigenvalue weighted by Crippen LogP contribution is -2.41. The van der Waals surface area contributed by atoms with E-state index in [9.17, 15) is 4.79 Å². The van der Waals surface area contributed by atoms with Gasteiger partial charge in [0.25, 0.3) is 0 Å². The summed E-state index contributed by atoms with van der Waals surface area (Å²) in [6, 6.07) is 10.3. The molecule has 1 amide bonds. The molecule has 0 aromatic heterocycles. The summed E-state index contributed by atoms with van der Waals surface area (Å²) in [5.41, 5.74) is 0. The molecule has 0 spiro atoms. The van der Waals surface area contributed by atoms with Gasteiger partial charge in [-0.05, 0) is 19.1 Å². The average Bonchev–Trinajstić information content (AvgIpc) is 2.49. The van der Waals surface area contributed by atoms with E-state index in [0.29, 0.717) is 18.3 Å². The predicted octanol–water partition coefficient (Wildman–Crippen LogP) is 2.48. The van der Waals surface area contributed by atoms with Crippen molar-refractivity contribution in [2.24, 2.45) is 4.99 Å². The van der Waals surface area contributed by atoms with Gasteiger partial charge in [0.2, 0.25) is 5.91 Å². The Balaban J connectivity index is 0.00000484. The van der Waals surface area contributed by atoms with Gasteiger partial charge in [-0.15, -0.1) is 35.7 Å². The first-order chi connectivity index (χ1) is 10.6. The zero-order chi connectivity index (χ0) is 16.2. The fraction of sp³-hybridized carbons (Fsp3) is 0.500. The van der Waals surface area contributed by atoms with Gasteiger partial charge in [-0.2, -0.15) is 0 Å². The Morgan fingerprint density at radius 1 is 1.17 bits per heavy atom. The van der Waals surface area contributed by atoms with Crippen LogP contribution in [0.25, 0.3) is 0 Å². The van der Waals surface area contributed by atoms with E-state index in [4.69, 9.17) is 0 Å². The van der Waals surface area contributed by atoms with Crippen LogP contribution in [-0.2, 0) is 4.79 Å². The topological polar surface area (TPSA) is 65.5 Å². The summed E-state index contributed by atoms with van der Waals surface area (Å²) in [6.07, 6.45) is 0. The van der Waals surface area contributed by atoms with Gasteiger partial charge in [0.05, 0.1) is 6.54 Å². The second kappa shape index (κ2) is 13.5. The molecular weight excluding hydrogens is 423 g/mol. The number of thioether (sulfide) groups is 1. The minimum absolute atomic E-state index is 0. The van der Waals surface area contributed by atoms with Gasteiger partial charge in [0, 0.05) is 36.7 Å². The Hall–Kier alpha value is -0.960. The number of benzene rings is 1. The number of amides is 1. The van der Waals surface area contributed by atoms with Crippen LogP contribution < -0.4 is 16.0 Å². The third kappa shape index (κ3) is 11.2. The van der Waals surface area contributed by atoms with Gasteiger partial charge in [-0.3, -0.25) is 9.79 Å². The Morgan fingerprint density at radius 2 is 1.83 bits per heavy atom. The summed E-state index contributed by atoms with van der Waals surface area (Å²) < 4.78 is 0. The summed E-state index contributed by atoms with van der Waals surface area (Å²) in [5, 5.41) is 9.57. The first-order valence-corrected chi connectivity index (χ1v) is 8.48. The monoisotopic (exact) mass is 450 g/mol. The third-order valence-corrected chi connectivity index (χ3v) is 3.82. The predicted molar refractivity (Wildman–Crippen MR) is 110 cm³/mol. The van der Waals surface area contributed by atoms with Crippen molar-refractivity contribution in [1.29, 1.82) is 0 Å². The Kier molecular flexibility index (Phi) is 12.9. The minimum Gasteiger partial charge on any atom is -0.357 e. The highest BCUT2D eigenvalue weighted by Gasteiger charge is 2.04. The maximum atomic E-state index is 10.8. The molecule has 0 saturated carbocycles. The van der Waals surface area contributed by atoms with Crippen LogP contribution in [0.15, 0.2) is 40.2 Å². The largest absolute Gasteiger partial charge is 0.357 e. The van der Waals surface area contributed by atoms with Crippen molar-refractivity contribution in [3.05, 3.63) is 30.3 Å². The molecule has 130 valence electrons. The highest BCUT2D eigenvalue weighted by Crippen LogP contribution is 2.22. The van der Waals surface area contributed by atoms with Crippen molar-refractivity contribution in [1.82, 2.24) is 16.0 Å². The standard InChI is InChI=1S/C16H26N4OS.HI/c1-4-17-16(19-11-10-18-14(3)21)20-12-13(2)22-15-8-6-5-7-9-15;/h5-9,13H,4,10-12H2,1-3H3,(H,18,21)(H2,17,19,20);1H. The van der Waals surface area contributed by atoms with Crippen LogP contribution in [0.1, 0.15) is 20.8 Å². The maximum absolute atomic E-state index is 10.8. The van der Waals surface area contributed by atoms with Gasteiger partial charge < -0.3 is 16.0 Å². The van der Waals surface area contributed by atoms with Gasteiger partial charge in [-0.1, -0.05) is 25.1 Å². The van der Waals surface area contributed by atoms with Crippen LogP contribution >= 0.6 is 35.7 Å². The average molecular weight is 450 g/mol. The number of guanidine groups is 1. The lowest BCUT2D eigenvalue weighted by molar-refractivity contribution is -0.118. The number of rotatable bonds is 8. The maximum Gasteiger partial charge on any atom is 0.216 e. The molecule has 23 heavy (non-hydrogen) atoms. The van der Waals surface area contributed by atoms with Crippen LogP contribution in [0.5, 0.6) is 0 Å². The number of carbonyl (C=O) groups is 1. The fourth-order valence-corrected chi connectivity index (χ4v) is 2.68. The fourth-order valence-electron chi connectivity index (χ4n) is 1.75. The van der Waals surface area contributed by atoms with Gasteiger partial charge >= 0.3 is 0 Å². The van der Waals surface area contributed by atoms with Crippen LogP contribution in [0.2, 0.25) is 0 Å². The number of carbonyl (C=O) groups excluding carboxylic acids is 1. The lowest BCUT2D eigenvalue weighted by atomic mass is 10.4. The summed E-state index contributed by atoms with van der Waals surface area (Å²) in [4.78, 5) is 16.7. The summed E-state index contributed by atoms with van der Waals surface area (Å²) >= 11 is 1.82. The second-order valence-corrected chi connectivity index (χ2v) is 6.38. The van der Waals surface area contributed by atoms with E-state index in [1.165, 1.54) is 11.8 Å². The molecule has 0 saturated heterocycles. The van der Waals surface area contributed by atoms with E-state index in [0.717, 1.165) is 19.0 Å². The van der Waals surface area contributed by atoms with Crippen molar-refractivity contribution in [2.75, 3.05) is 26.2 Å². The van der Waals surface area contributed by atoms with Crippen molar-refractivity contribution >= 4 is 47.6 Å². The summed E-state index contributed by atoms with van der Waals surface area (Å²) in [7, 11) is 0. The lowest BCUT2D eigenvalue weighted by Gasteiger charge is -2.13. The van der Waals surface area contributed by atoms with E-state index >= 15 is 0 Å². The van der Waals surface area contributed by atoms with Crippen molar-refractivity contribution in [3.8, 4) is 0 Å². The molecule has 0 heterocycles. The van der Waals surface area contributed by atoms with Crippen LogP contribution in [0, 0.1) is 0 Å². The molecule has 1 rings (SSSR count). The molecule has 3 N–H and O–H groups in total. The Morgan fingerprint density at radius 3 is 2.43 bits per heavy atom. The van der Waals surface area contributed by atoms with E-state index in [1.807, 2.05) is 36.9 Å². The molecule has 0 aliphatic heterocycles. The molecule has 1 aromatic carbocycles. The van der Waals surface area contributed by atoms with Crippen molar-refractivity contribution < 1.29 is 4.79 Å². The molecular formula is C16H27IN4OS. The molecule has 1 aromatic rings. The Labute approximate surface area is 160 Å². The first kappa shape index (κ1) is 22.0. The molecule has 0 aliphatic carbocycles. The van der Waals surface area contributed by atoms with E-state index in [2.05, 4.69) is 40.0 Å². The zero-order valence-corrected chi connectivity index (χ0v) is 17.1. The quantitative estimate of drug-likeness (QED) is 0.187. The SMILES string of the molecule is CCNC(=NCC(C)Sc1ccccc1)NCCNC(C)=O.I. The molecule has 7 heteroatoms. The summed E-state index contributed by atoms with van der Waals surface area (Å²) in [5.74, 6) is 0.769. The molecule has 5 nitrogen and oxygen atoms in total. The second-order valence-electron chi connectivity index (χ2n) is 4.87. The molecule has 0 fully saturated rings. The normalized spacial score (nSPS) is 12.0. The zero-order valence-electron chi connectivity index (χ0n) is 14.0. The van der Waals surface area contributed by atoms with Gasteiger partial charge in [-0.25, -0.2) is 0 Å². The van der Waals surface area contributed by atoms with Crippen molar-refractivity contribution in [2.45, 2.75) is 30.9 Å². The molecule has 0 radical (unpaired) electrons. The number of halogens is 1. The van der Waals surface area contributed by atoms with E-state index in [-0.39, 0.29) is 29.9 Å². The molecule has 1 atom stereocenters. The molecule has 0 aliphatic rings. The number of aliphatic imine (C=N–C) groups is 1. The minimum atomic E-state index is -0.0170. The van der Waals surface area contributed by atoms with Gasteiger partial charge in [0.1, 0.15) is 0 Å². The van der Waals surface area contributed by atoms with Crippen LogP contribution in [-0.4, -0.2) is 43.3 Å². The Bertz CT molecular complexity index is 470. The smallest absolute Gasteiger partial charge is 0.216 e. The van der Waals surface area contributed by atoms with E-state index in [1.54, 1.807) is 0 Å². The number of nitrogens with one attached hydrogen (secondary N) is 3. The number of hydrogen-bond acceptors (Lipinski definition) is 3. The van der Waals surface area contributed by atoms with Crippen molar-refractivity contribution in [3.63, 3.8) is 0 Å². The number of hydrogen-bond donors (Lipinski definition) is 3. The first-order valence-electron chi connectivity index (χ1n) is 7.60. The highest BCUT2D eigenvalue weighted by molar-refractivity contribution is 14.0.